The van der Waals surface area contributed by atoms with E-state index in [1.54, 1.807) is 0 Å². The molecular formula is C15H19N3OS. The average Bonchev–Trinajstić information content (AvgIpc) is 2.78. The van der Waals surface area contributed by atoms with Gasteiger partial charge in [0.15, 0.2) is 10.9 Å². The molecule has 1 aromatic carbocycles. The highest BCUT2D eigenvalue weighted by molar-refractivity contribution is 8.00. The van der Waals surface area contributed by atoms with Gasteiger partial charge in [-0.3, -0.25) is 4.79 Å². The molecular weight excluding hydrogens is 270 g/mol. The Kier molecular flexibility index (Phi) is 4.60. The number of carbonyl (C=O) groups is 1. The Balaban J connectivity index is 2.09. The summed E-state index contributed by atoms with van der Waals surface area (Å²) < 4.78 is 1.90. The summed E-state index contributed by atoms with van der Waals surface area (Å²) in [5.74, 6) is 0.970. The number of nitrogens with zero attached hydrogens (tertiary/aromatic N) is 3. The van der Waals surface area contributed by atoms with Crippen LogP contribution < -0.4 is 0 Å². The molecule has 5 heteroatoms. The molecule has 0 fully saturated rings. The molecule has 0 aliphatic carbocycles. The monoisotopic (exact) mass is 289 g/mol. The number of thioether (sulfide) groups is 1. The number of hydrogen-bond donors (Lipinski definition) is 0. The third-order valence-electron chi connectivity index (χ3n) is 3.35. The maximum absolute atomic E-state index is 12.4. The van der Waals surface area contributed by atoms with Gasteiger partial charge in [0, 0.05) is 12.6 Å². The Labute approximate surface area is 123 Å². The first-order valence-corrected chi connectivity index (χ1v) is 7.56. The van der Waals surface area contributed by atoms with Crippen molar-refractivity contribution in [3.63, 3.8) is 0 Å². The van der Waals surface area contributed by atoms with Crippen LogP contribution in [0.15, 0.2) is 29.4 Å². The molecule has 0 amide bonds. The van der Waals surface area contributed by atoms with Crippen molar-refractivity contribution < 1.29 is 4.79 Å². The second kappa shape index (κ2) is 6.22. The van der Waals surface area contributed by atoms with E-state index in [2.05, 4.69) is 17.1 Å². The standard InChI is InChI=1S/C15H19N3OS/c1-5-12-6-8-13(9-7-12)14(19)10(2)20-15-17-16-11(3)18(15)4/h6-10H,5H2,1-4H3. The third kappa shape index (κ3) is 3.10. The third-order valence-corrected chi connectivity index (χ3v) is 4.48. The molecule has 1 atom stereocenters. The van der Waals surface area contributed by atoms with Crippen molar-refractivity contribution in [2.24, 2.45) is 7.05 Å². The number of Topliss-reactive ketones (excluding diaryl/α,β-unsaturated/α-hetero) is 1. The average molecular weight is 289 g/mol. The van der Waals surface area contributed by atoms with Crippen LogP contribution in [0.4, 0.5) is 0 Å². The van der Waals surface area contributed by atoms with E-state index >= 15 is 0 Å². The molecule has 2 aromatic rings. The summed E-state index contributed by atoms with van der Waals surface area (Å²) in [7, 11) is 1.91. The van der Waals surface area contributed by atoms with Crippen molar-refractivity contribution in [2.75, 3.05) is 0 Å². The Morgan fingerprint density at radius 2 is 1.95 bits per heavy atom. The predicted molar refractivity (Wildman–Crippen MR) is 81.2 cm³/mol. The molecule has 0 saturated carbocycles. The van der Waals surface area contributed by atoms with Crippen LogP contribution in [0.3, 0.4) is 0 Å². The van der Waals surface area contributed by atoms with Crippen LogP contribution in [0.1, 0.15) is 35.6 Å². The zero-order valence-corrected chi connectivity index (χ0v) is 13.1. The minimum atomic E-state index is -0.176. The van der Waals surface area contributed by atoms with Crippen LogP contribution in [0.25, 0.3) is 0 Å². The Morgan fingerprint density at radius 1 is 1.30 bits per heavy atom. The van der Waals surface area contributed by atoms with Crippen molar-refractivity contribution in [1.82, 2.24) is 14.8 Å². The highest BCUT2D eigenvalue weighted by Crippen LogP contribution is 2.24. The van der Waals surface area contributed by atoms with Crippen LogP contribution >= 0.6 is 11.8 Å². The molecule has 1 aromatic heterocycles. The maximum atomic E-state index is 12.4. The second-order valence-corrected chi connectivity index (χ2v) is 6.07. The highest BCUT2D eigenvalue weighted by Gasteiger charge is 2.19. The molecule has 0 aliphatic rings. The number of rotatable bonds is 5. The van der Waals surface area contributed by atoms with Crippen molar-refractivity contribution in [3.8, 4) is 0 Å². The zero-order chi connectivity index (χ0) is 14.7. The molecule has 1 heterocycles. The van der Waals surface area contributed by atoms with Crippen LogP contribution in [-0.4, -0.2) is 25.8 Å². The van der Waals surface area contributed by atoms with E-state index in [0.29, 0.717) is 0 Å². The van der Waals surface area contributed by atoms with E-state index in [-0.39, 0.29) is 11.0 Å². The molecule has 0 bridgehead atoms. The number of hydrogen-bond acceptors (Lipinski definition) is 4. The van der Waals surface area contributed by atoms with Crippen molar-refractivity contribution in [3.05, 3.63) is 41.2 Å². The lowest BCUT2D eigenvalue weighted by Crippen LogP contribution is -2.14. The van der Waals surface area contributed by atoms with Gasteiger partial charge in [-0.05, 0) is 25.8 Å². The quantitative estimate of drug-likeness (QED) is 0.627. The van der Waals surface area contributed by atoms with Crippen molar-refractivity contribution in [2.45, 2.75) is 37.6 Å². The largest absolute Gasteiger partial charge is 0.309 e. The van der Waals surface area contributed by atoms with Gasteiger partial charge in [-0.25, -0.2) is 0 Å². The molecule has 1 unspecified atom stereocenters. The molecule has 0 saturated heterocycles. The normalized spacial score (nSPS) is 12.4. The van der Waals surface area contributed by atoms with Gasteiger partial charge in [0.2, 0.25) is 0 Å². The van der Waals surface area contributed by atoms with E-state index in [1.807, 2.05) is 49.7 Å². The first-order valence-electron chi connectivity index (χ1n) is 6.68. The van der Waals surface area contributed by atoms with E-state index < -0.39 is 0 Å². The van der Waals surface area contributed by atoms with E-state index in [4.69, 9.17) is 0 Å². The lowest BCUT2D eigenvalue weighted by atomic mass is 10.1. The van der Waals surface area contributed by atoms with Gasteiger partial charge < -0.3 is 4.57 Å². The van der Waals surface area contributed by atoms with Gasteiger partial charge in [-0.1, -0.05) is 43.0 Å². The molecule has 20 heavy (non-hydrogen) atoms. The summed E-state index contributed by atoms with van der Waals surface area (Å²) in [6.07, 6.45) is 0.983. The summed E-state index contributed by atoms with van der Waals surface area (Å²) in [4.78, 5) is 12.4. The van der Waals surface area contributed by atoms with E-state index in [9.17, 15) is 4.79 Å². The second-order valence-electron chi connectivity index (χ2n) is 4.76. The van der Waals surface area contributed by atoms with Gasteiger partial charge in [0.1, 0.15) is 5.82 Å². The number of aryl methyl sites for hydroxylation is 2. The SMILES string of the molecule is CCc1ccc(C(=O)C(C)Sc2nnc(C)n2C)cc1. The molecule has 4 nitrogen and oxygen atoms in total. The fraction of sp³-hybridized carbons (Fsp3) is 0.400. The highest BCUT2D eigenvalue weighted by atomic mass is 32.2. The fourth-order valence-electron chi connectivity index (χ4n) is 1.84. The molecule has 0 spiro atoms. The van der Waals surface area contributed by atoms with Gasteiger partial charge in [0.25, 0.3) is 0 Å². The Morgan fingerprint density at radius 3 is 2.45 bits per heavy atom. The smallest absolute Gasteiger partial charge is 0.191 e. The minimum absolute atomic E-state index is 0.123. The van der Waals surface area contributed by atoms with E-state index in [0.717, 1.165) is 23.0 Å². The first-order chi connectivity index (χ1) is 9.52. The molecule has 0 radical (unpaired) electrons. The van der Waals surface area contributed by atoms with Crippen LogP contribution in [0.5, 0.6) is 0 Å². The summed E-state index contributed by atoms with van der Waals surface area (Å²) in [6.45, 7) is 5.91. The van der Waals surface area contributed by atoms with Crippen molar-refractivity contribution >= 4 is 17.5 Å². The van der Waals surface area contributed by atoms with Crippen LogP contribution in [-0.2, 0) is 13.5 Å². The lowest BCUT2D eigenvalue weighted by molar-refractivity contribution is 0.0994. The lowest BCUT2D eigenvalue weighted by Gasteiger charge is -2.10. The molecule has 0 aliphatic heterocycles. The van der Waals surface area contributed by atoms with Gasteiger partial charge in [-0.15, -0.1) is 10.2 Å². The number of carbonyl (C=O) groups excluding carboxylic acids is 1. The van der Waals surface area contributed by atoms with Crippen LogP contribution in [0, 0.1) is 6.92 Å². The molecule has 106 valence electrons. The topological polar surface area (TPSA) is 47.8 Å². The number of benzene rings is 1. The van der Waals surface area contributed by atoms with Gasteiger partial charge in [-0.2, -0.15) is 0 Å². The Bertz CT molecular complexity index is 604. The molecule has 0 N–H and O–H groups in total. The number of aromatic nitrogens is 3. The van der Waals surface area contributed by atoms with Gasteiger partial charge >= 0.3 is 0 Å². The first kappa shape index (κ1) is 14.8. The minimum Gasteiger partial charge on any atom is -0.309 e. The molecule has 2 rings (SSSR count). The van der Waals surface area contributed by atoms with Crippen LogP contribution in [0.2, 0.25) is 0 Å². The number of ketones is 1. The Hall–Kier alpha value is -1.62. The summed E-state index contributed by atoms with van der Waals surface area (Å²) >= 11 is 1.44. The van der Waals surface area contributed by atoms with Crippen molar-refractivity contribution in [1.29, 1.82) is 0 Å². The van der Waals surface area contributed by atoms with E-state index in [1.165, 1.54) is 17.3 Å². The van der Waals surface area contributed by atoms with Gasteiger partial charge in [0.05, 0.1) is 5.25 Å². The summed E-state index contributed by atoms with van der Waals surface area (Å²) in [5, 5.41) is 8.68. The summed E-state index contributed by atoms with van der Waals surface area (Å²) in [5.41, 5.74) is 1.99. The maximum Gasteiger partial charge on any atom is 0.191 e. The predicted octanol–water partition coefficient (Wildman–Crippen LogP) is 3.05. The summed E-state index contributed by atoms with van der Waals surface area (Å²) in [6, 6.07) is 7.83. The fourth-order valence-corrected chi connectivity index (χ4v) is 2.78. The zero-order valence-electron chi connectivity index (χ0n) is 12.3.